The minimum absolute atomic E-state index is 0.143. The summed E-state index contributed by atoms with van der Waals surface area (Å²) in [5.41, 5.74) is 12.3. The molecule has 0 saturated carbocycles. The smallest absolute Gasteiger partial charge is 0.190 e. The van der Waals surface area contributed by atoms with Gasteiger partial charge in [0.1, 0.15) is 18.0 Å². The predicted octanol–water partition coefficient (Wildman–Crippen LogP) is -0.00830. The Morgan fingerprint density at radius 1 is 1.50 bits per heavy atom. The van der Waals surface area contributed by atoms with Gasteiger partial charge < -0.3 is 30.8 Å². The van der Waals surface area contributed by atoms with Crippen LogP contribution in [0.4, 0.5) is 11.4 Å². The fourth-order valence-electron chi connectivity index (χ4n) is 1.55. The molecule has 0 radical (unpaired) electrons. The van der Waals surface area contributed by atoms with Crippen LogP contribution in [0.3, 0.4) is 0 Å². The van der Waals surface area contributed by atoms with Crippen molar-refractivity contribution in [1.82, 2.24) is 0 Å². The molecule has 2 rings (SSSR count). The van der Waals surface area contributed by atoms with Gasteiger partial charge in [0, 0.05) is 6.07 Å². The highest BCUT2D eigenvalue weighted by atomic mass is 16.6. The number of fused-ring (bicyclic) bond motifs is 1. The quantitative estimate of drug-likeness (QED) is 0.613. The fraction of sp³-hybridized carbons (Fsp3) is 0.400. The van der Waals surface area contributed by atoms with Crippen molar-refractivity contribution in [1.29, 1.82) is 0 Å². The molecule has 16 heavy (non-hydrogen) atoms. The van der Waals surface area contributed by atoms with Crippen molar-refractivity contribution < 1.29 is 19.3 Å². The van der Waals surface area contributed by atoms with E-state index in [2.05, 4.69) is 0 Å². The highest BCUT2D eigenvalue weighted by Crippen LogP contribution is 2.46. The predicted molar refractivity (Wildman–Crippen MR) is 58.8 cm³/mol. The number of aliphatic hydroxyl groups is 1. The van der Waals surface area contributed by atoms with E-state index < -0.39 is 6.10 Å². The highest BCUT2D eigenvalue weighted by Gasteiger charge is 2.26. The number of ether oxygens (including phenoxy) is 3. The molecule has 1 aliphatic rings. The minimum atomic E-state index is -0.429. The topological polar surface area (TPSA) is 100.0 Å². The molecular weight excluding hydrogens is 212 g/mol. The van der Waals surface area contributed by atoms with Gasteiger partial charge in [-0.1, -0.05) is 0 Å². The van der Waals surface area contributed by atoms with Crippen LogP contribution in [0, 0.1) is 0 Å². The average molecular weight is 226 g/mol. The largest absolute Gasteiger partial charge is 0.494 e. The van der Waals surface area contributed by atoms with E-state index in [1.807, 2.05) is 0 Å². The SMILES string of the molecule is COc1cc(N)c2c(c1N)OC(CO)CO2. The van der Waals surface area contributed by atoms with E-state index in [1.165, 1.54) is 7.11 Å². The summed E-state index contributed by atoms with van der Waals surface area (Å²) in [7, 11) is 1.49. The summed E-state index contributed by atoms with van der Waals surface area (Å²) in [6.07, 6.45) is -0.429. The van der Waals surface area contributed by atoms with E-state index in [0.717, 1.165) is 0 Å². The van der Waals surface area contributed by atoms with Crippen LogP contribution in [0.25, 0.3) is 0 Å². The number of rotatable bonds is 2. The zero-order chi connectivity index (χ0) is 11.7. The first-order valence-electron chi connectivity index (χ1n) is 4.83. The molecule has 6 heteroatoms. The van der Waals surface area contributed by atoms with Gasteiger partial charge in [-0.15, -0.1) is 0 Å². The van der Waals surface area contributed by atoms with Gasteiger partial charge in [0.25, 0.3) is 0 Å². The third kappa shape index (κ3) is 1.57. The second-order valence-corrected chi connectivity index (χ2v) is 3.47. The van der Waals surface area contributed by atoms with Crippen LogP contribution < -0.4 is 25.7 Å². The molecule has 0 amide bonds. The van der Waals surface area contributed by atoms with Gasteiger partial charge >= 0.3 is 0 Å². The Kier molecular flexibility index (Phi) is 2.66. The van der Waals surface area contributed by atoms with Crippen molar-refractivity contribution in [2.45, 2.75) is 6.10 Å². The minimum Gasteiger partial charge on any atom is -0.494 e. The molecule has 1 unspecified atom stereocenters. The summed E-state index contributed by atoms with van der Waals surface area (Å²) in [6.45, 7) is 0.107. The Labute approximate surface area is 92.7 Å². The zero-order valence-electron chi connectivity index (χ0n) is 8.90. The average Bonchev–Trinajstić information content (AvgIpc) is 2.33. The molecule has 1 atom stereocenters. The van der Waals surface area contributed by atoms with Gasteiger partial charge in [0.15, 0.2) is 17.6 Å². The molecule has 88 valence electrons. The van der Waals surface area contributed by atoms with E-state index in [4.69, 9.17) is 30.8 Å². The molecule has 0 aromatic heterocycles. The van der Waals surface area contributed by atoms with Gasteiger partial charge in [0.2, 0.25) is 0 Å². The molecule has 1 aromatic rings. The third-order valence-corrected chi connectivity index (χ3v) is 2.39. The lowest BCUT2D eigenvalue weighted by molar-refractivity contribution is 0.0467. The monoisotopic (exact) mass is 226 g/mol. The van der Waals surface area contributed by atoms with E-state index in [9.17, 15) is 0 Å². The molecule has 6 nitrogen and oxygen atoms in total. The van der Waals surface area contributed by atoms with Crippen molar-refractivity contribution in [3.8, 4) is 17.2 Å². The number of methoxy groups -OCH3 is 1. The summed E-state index contributed by atoms with van der Waals surface area (Å²) in [5.74, 6) is 1.17. The van der Waals surface area contributed by atoms with Gasteiger partial charge in [0.05, 0.1) is 19.4 Å². The normalized spacial score (nSPS) is 18.2. The molecule has 0 bridgehead atoms. The Hall–Kier alpha value is -1.82. The summed E-state index contributed by atoms with van der Waals surface area (Å²) in [4.78, 5) is 0. The molecule has 0 spiro atoms. The Morgan fingerprint density at radius 2 is 2.25 bits per heavy atom. The molecule has 1 heterocycles. The zero-order valence-corrected chi connectivity index (χ0v) is 8.90. The standard InChI is InChI=1S/C10H14N2O4/c1-14-7-2-6(11)9-10(8(7)12)16-5(3-13)4-15-9/h2,5,13H,3-4,11-12H2,1H3. The van der Waals surface area contributed by atoms with Crippen molar-refractivity contribution in [2.75, 3.05) is 31.8 Å². The van der Waals surface area contributed by atoms with Crippen LogP contribution in [0.5, 0.6) is 17.2 Å². The second-order valence-electron chi connectivity index (χ2n) is 3.47. The summed E-state index contributed by atoms with van der Waals surface area (Å²) in [5, 5.41) is 8.99. The molecule has 1 aromatic carbocycles. The molecule has 0 aliphatic carbocycles. The number of benzene rings is 1. The van der Waals surface area contributed by atoms with E-state index in [-0.39, 0.29) is 13.2 Å². The molecule has 0 fully saturated rings. The van der Waals surface area contributed by atoms with Crippen molar-refractivity contribution in [3.05, 3.63) is 6.07 Å². The van der Waals surface area contributed by atoms with Gasteiger partial charge in [-0.3, -0.25) is 0 Å². The number of anilines is 2. The molecule has 1 aliphatic heterocycles. The van der Waals surface area contributed by atoms with Gasteiger partial charge in [-0.05, 0) is 0 Å². The van der Waals surface area contributed by atoms with E-state index in [0.29, 0.717) is 28.6 Å². The van der Waals surface area contributed by atoms with Crippen LogP contribution in [0.2, 0.25) is 0 Å². The lowest BCUT2D eigenvalue weighted by Crippen LogP contribution is -2.33. The third-order valence-electron chi connectivity index (χ3n) is 2.39. The lowest BCUT2D eigenvalue weighted by atomic mass is 10.2. The fourth-order valence-corrected chi connectivity index (χ4v) is 1.55. The molecule has 0 saturated heterocycles. The first-order chi connectivity index (χ1) is 7.67. The van der Waals surface area contributed by atoms with Crippen molar-refractivity contribution in [2.24, 2.45) is 0 Å². The Bertz CT molecular complexity index is 408. The van der Waals surface area contributed by atoms with E-state index in [1.54, 1.807) is 6.07 Å². The van der Waals surface area contributed by atoms with Gasteiger partial charge in [-0.2, -0.15) is 0 Å². The van der Waals surface area contributed by atoms with Crippen LogP contribution in [-0.2, 0) is 0 Å². The van der Waals surface area contributed by atoms with Crippen LogP contribution in [0.15, 0.2) is 6.07 Å². The van der Waals surface area contributed by atoms with Gasteiger partial charge in [-0.25, -0.2) is 0 Å². The maximum Gasteiger partial charge on any atom is 0.190 e. The van der Waals surface area contributed by atoms with Crippen molar-refractivity contribution in [3.63, 3.8) is 0 Å². The van der Waals surface area contributed by atoms with Crippen molar-refractivity contribution >= 4 is 11.4 Å². The Morgan fingerprint density at radius 3 is 2.88 bits per heavy atom. The number of nitrogen functional groups attached to an aromatic ring is 2. The first-order valence-corrected chi connectivity index (χ1v) is 4.83. The Balaban J connectivity index is 2.47. The maximum absolute atomic E-state index is 8.99. The number of aliphatic hydroxyl groups excluding tert-OH is 1. The number of nitrogens with two attached hydrogens (primary N) is 2. The second kappa shape index (κ2) is 3.97. The summed E-state index contributed by atoms with van der Waals surface area (Å²) in [6, 6.07) is 1.58. The maximum atomic E-state index is 8.99. The molecule has 5 N–H and O–H groups in total. The van der Waals surface area contributed by atoms with Crippen LogP contribution >= 0.6 is 0 Å². The van der Waals surface area contributed by atoms with E-state index >= 15 is 0 Å². The number of hydrogen-bond donors (Lipinski definition) is 3. The number of hydrogen-bond acceptors (Lipinski definition) is 6. The first kappa shape index (κ1) is 10.7. The highest BCUT2D eigenvalue weighted by molar-refractivity contribution is 5.77. The summed E-state index contributed by atoms with van der Waals surface area (Å²) >= 11 is 0. The van der Waals surface area contributed by atoms with Crippen LogP contribution in [-0.4, -0.2) is 31.5 Å². The summed E-state index contributed by atoms with van der Waals surface area (Å²) < 4.78 is 15.9. The molecular formula is C10H14N2O4. The van der Waals surface area contributed by atoms with Crippen LogP contribution in [0.1, 0.15) is 0 Å². The lowest BCUT2D eigenvalue weighted by Gasteiger charge is -2.27.